The molecule has 0 bridgehead atoms. The molecule has 7 nitrogen and oxygen atoms in total. The lowest BCUT2D eigenvalue weighted by Crippen LogP contribution is -2.23. The maximum absolute atomic E-state index is 13.6. The van der Waals surface area contributed by atoms with Gasteiger partial charge in [0.2, 0.25) is 0 Å². The topological polar surface area (TPSA) is 88.3 Å². The highest BCUT2D eigenvalue weighted by Gasteiger charge is 2.41. The van der Waals surface area contributed by atoms with Crippen LogP contribution in [-0.4, -0.2) is 31.7 Å². The molecule has 1 N–H and O–H groups in total. The number of carboxylic acids is 1. The van der Waals surface area contributed by atoms with Crippen LogP contribution in [0.1, 0.15) is 56.1 Å². The molecule has 2 heterocycles. The van der Waals surface area contributed by atoms with E-state index in [9.17, 15) is 27.9 Å². The summed E-state index contributed by atoms with van der Waals surface area (Å²) in [7, 11) is 1.84. The molecule has 0 saturated carbocycles. The van der Waals surface area contributed by atoms with E-state index in [0.717, 1.165) is 17.5 Å². The van der Waals surface area contributed by atoms with Crippen molar-refractivity contribution in [1.29, 1.82) is 0 Å². The summed E-state index contributed by atoms with van der Waals surface area (Å²) in [4.78, 5) is 25.5. The molecule has 1 atom stereocenters. The molecule has 32 heavy (non-hydrogen) atoms. The van der Waals surface area contributed by atoms with Crippen molar-refractivity contribution >= 4 is 17.6 Å². The number of fused-ring (bicyclic) bond motifs is 1. The van der Waals surface area contributed by atoms with Gasteiger partial charge >= 0.3 is 12.1 Å². The predicted octanol–water partition coefficient (Wildman–Crippen LogP) is 4.04. The molecular weight excluding hydrogens is 425 g/mol. The van der Waals surface area contributed by atoms with Gasteiger partial charge in [-0.1, -0.05) is 19.1 Å². The highest BCUT2D eigenvalue weighted by atomic mass is 19.4. The Balaban J connectivity index is 1.68. The molecule has 4 rings (SSSR count). The van der Waals surface area contributed by atoms with E-state index in [1.165, 1.54) is 4.90 Å². The molecule has 3 aromatic rings. The van der Waals surface area contributed by atoms with E-state index >= 15 is 0 Å². The Morgan fingerprint density at radius 3 is 2.62 bits per heavy atom. The minimum atomic E-state index is -4.78. The van der Waals surface area contributed by atoms with Gasteiger partial charge in [-0.25, -0.2) is 4.79 Å². The number of halogens is 3. The van der Waals surface area contributed by atoms with Crippen molar-refractivity contribution in [3.8, 4) is 0 Å². The highest BCUT2D eigenvalue weighted by Crippen LogP contribution is 2.40. The molecule has 0 fully saturated rings. The second kappa shape index (κ2) is 7.77. The number of rotatable bonds is 5. The second-order valence-corrected chi connectivity index (χ2v) is 7.80. The normalized spacial score (nSPS) is 14.5. The van der Waals surface area contributed by atoms with Crippen LogP contribution < -0.4 is 4.90 Å². The van der Waals surface area contributed by atoms with Gasteiger partial charge in [0.25, 0.3) is 5.91 Å². The van der Waals surface area contributed by atoms with Crippen LogP contribution in [0.4, 0.5) is 18.9 Å². The van der Waals surface area contributed by atoms with Gasteiger partial charge in [0.15, 0.2) is 0 Å². The van der Waals surface area contributed by atoms with Gasteiger partial charge in [-0.05, 0) is 41.3 Å². The first-order valence-corrected chi connectivity index (χ1v) is 9.78. The van der Waals surface area contributed by atoms with Crippen LogP contribution in [0.3, 0.4) is 0 Å². The van der Waals surface area contributed by atoms with E-state index in [1.807, 2.05) is 20.0 Å². The van der Waals surface area contributed by atoms with Crippen LogP contribution in [0.5, 0.6) is 0 Å². The van der Waals surface area contributed by atoms with Gasteiger partial charge in [0, 0.05) is 24.7 Å². The average molecular weight is 444 g/mol. The Hall–Kier alpha value is -3.69. The van der Waals surface area contributed by atoms with Crippen molar-refractivity contribution in [2.45, 2.75) is 32.0 Å². The summed E-state index contributed by atoms with van der Waals surface area (Å²) in [6, 6.07) is 8.61. The van der Waals surface area contributed by atoms with E-state index in [4.69, 9.17) is 0 Å². The third-order valence-corrected chi connectivity index (χ3v) is 5.64. The zero-order valence-electron chi connectivity index (χ0n) is 17.2. The zero-order valence-corrected chi connectivity index (χ0v) is 17.2. The maximum atomic E-state index is 13.6. The number of anilines is 1. The monoisotopic (exact) mass is 444 g/mol. The Morgan fingerprint density at radius 1 is 1.25 bits per heavy atom. The summed E-state index contributed by atoms with van der Waals surface area (Å²) < 4.78 is 42.6. The van der Waals surface area contributed by atoms with Gasteiger partial charge in [-0.15, -0.1) is 10.2 Å². The number of carboxylic acid groups (broad SMARTS) is 1. The average Bonchev–Trinajstić information content (AvgIpc) is 3.29. The van der Waals surface area contributed by atoms with Crippen LogP contribution in [0.2, 0.25) is 0 Å². The molecule has 1 aliphatic heterocycles. The minimum absolute atomic E-state index is 0.0160. The molecule has 166 valence electrons. The smallest absolute Gasteiger partial charge is 0.416 e. The number of hydrogen-bond donors (Lipinski definition) is 1. The van der Waals surface area contributed by atoms with Gasteiger partial charge in [0.05, 0.1) is 17.7 Å². The fourth-order valence-corrected chi connectivity index (χ4v) is 3.88. The van der Waals surface area contributed by atoms with Crippen LogP contribution in [0.25, 0.3) is 0 Å². The summed E-state index contributed by atoms with van der Waals surface area (Å²) in [5.41, 5.74) is -0.804. The number of carbonyl (C=O) groups excluding carboxylic acids is 1. The largest absolute Gasteiger partial charge is 0.478 e. The first-order valence-electron chi connectivity index (χ1n) is 9.78. The number of nitrogens with zero attached hydrogens (tertiary/aromatic N) is 4. The van der Waals surface area contributed by atoms with E-state index in [0.29, 0.717) is 18.2 Å². The third-order valence-electron chi connectivity index (χ3n) is 5.64. The Morgan fingerprint density at radius 2 is 2.00 bits per heavy atom. The number of benzene rings is 2. The Labute approximate surface area is 181 Å². The highest BCUT2D eigenvalue weighted by molar-refractivity contribution is 6.11. The van der Waals surface area contributed by atoms with E-state index in [-0.39, 0.29) is 23.6 Å². The van der Waals surface area contributed by atoms with Crippen LogP contribution in [0.15, 0.2) is 42.7 Å². The summed E-state index contributed by atoms with van der Waals surface area (Å²) >= 11 is 0. The van der Waals surface area contributed by atoms with E-state index < -0.39 is 29.2 Å². The number of hydrogen-bond acceptors (Lipinski definition) is 4. The van der Waals surface area contributed by atoms with Crippen molar-refractivity contribution in [2.75, 3.05) is 4.90 Å². The first-order chi connectivity index (χ1) is 15.1. The van der Waals surface area contributed by atoms with Gasteiger partial charge < -0.3 is 14.6 Å². The standard InChI is InChI=1S/C22H19F3N4O3/c1-12(6-19-27-26-11-28(19)2)13-4-3-5-15(7-13)29-10-17-16(20(29)30)8-14(21(31)32)9-18(17)22(23,24)25/h3-5,7-9,11-12H,6,10H2,1-2H3,(H,31,32)/t12-/m1/s1. The van der Waals surface area contributed by atoms with Gasteiger partial charge in [-0.2, -0.15) is 13.2 Å². The van der Waals surface area contributed by atoms with Crippen molar-refractivity contribution in [1.82, 2.24) is 14.8 Å². The van der Waals surface area contributed by atoms with Gasteiger partial charge in [-0.3, -0.25) is 4.79 Å². The molecule has 0 unspecified atom stereocenters. The van der Waals surface area contributed by atoms with Crippen LogP contribution in [0, 0.1) is 0 Å². The lowest BCUT2D eigenvalue weighted by Gasteiger charge is -2.19. The molecule has 1 aromatic heterocycles. The summed E-state index contributed by atoms with van der Waals surface area (Å²) in [5, 5.41) is 17.1. The molecule has 0 saturated heterocycles. The number of amides is 1. The van der Waals surface area contributed by atoms with Crippen molar-refractivity contribution < 1.29 is 27.9 Å². The molecule has 2 aromatic carbocycles. The van der Waals surface area contributed by atoms with Crippen LogP contribution in [-0.2, 0) is 26.2 Å². The van der Waals surface area contributed by atoms with Gasteiger partial charge in [0.1, 0.15) is 12.2 Å². The summed E-state index contributed by atoms with van der Waals surface area (Å²) in [6.45, 7) is 1.69. The van der Waals surface area contributed by atoms with Crippen molar-refractivity contribution in [3.63, 3.8) is 0 Å². The SMILES string of the molecule is C[C@H](Cc1nncn1C)c1cccc(N2Cc3c(cc(C(=O)O)cc3C(F)(F)F)C2=O)c1. The lowest BCUT2D eigenvalue weighted by atomic mass is 9.97. The number of aryl methyl sites for hydroxylation is 1. The predicted molar refractivity (Wildman–Crippen MR) is 108 cm³/mol. The van der Waals surface area contributed by atoms with Crippen molar-refractivity contribution in [3.05, 3.63) is 76.4 Å². The lowest BCUT2D eigenvalue weighted by molar-refractivity contribution is -0.138. The molecule has 10 heteroatoms. The molecule has 0 aliphatic carbocycles. The maximum Gasteiger partial charge on any atom is 0.416 e. The number of aromatic carboxylic acids is 1. The molecule has 1 amide bonds. The Bertz CT molecular complexity index is 1220. The van der Waals surface area contributed by atoms with E-state index in [1.54, 1.807) is 29.1 Å². The quantitative estimate of drug-likeness (QED) is 0.642. The fraction of sp³-hybridized carbons (Fsp3) is 0.273. The molecule has 0 spiro atoms. The first kappa shape index (κ1) is 21.5. The minimum Gasteiger partial charge on any atom is -0.478 e. The number of alkyl halides is 3. The molecule has 0 radical (unpaired) electrons. The Kier molecular flexibility index (Phi) is 5.23. The molecular formula is C22H19F3N4O3. The second-order valence-electron chi connectivity index (χ2n) is 7.80. The van der Waals surface area contributed by atoms with Crippen molar-refractivity contribution in [2.24, 2.45) is 7.05 Å². The van der Waals surface area contributed by atoms with Crippen LogP contribution >= 0.6 is 0 Å². The number of carbonyl (C=O) groups is 2. The van der Waals surface area contributed by atoms with E-state index in [2.05, 4.69) is 10.2 Å². The summed E-state index contributed by atoms with van der Waals surface area (Å²) in [5.74, 6) is -1.39. The summed E-state index contributed by atoms with van der Waals surface area (Å²) in [6.07, 6.45) is -2.59. The third kappa shape index (κ3) is 3.83. The zero-order chi connectivity index (χ0) is 23.2. The molecule has 1 aliphatic rings. The number of aromatic nitrogens is 3. The fourth-order valence-electron chi connectivity index (χ4n) is 3.88.